The molecule has 0 amide bonds. The van der Waals surface area contributed by atoms with Gasteiger partial charge in [-0.1, -0.05) is 11.6 Å². The molecule has 0 bridgehead atoms. The summed E-state index contributed by atoms with van der Waals surface area (Å²) in [5.41, 5.74) is 4.94. The van der Waals surface area contributed by atoms with E-state index < -0.39 is 11.2 Å². The van der Waals surface area contributed by atoms with Gasteiger partial charge in [0.05, 0.1) is 4.92 Å². The Hall–Kier alpha value is -2.81. The molecule has 0 spiro atoms. The van der Waals surface area contributed by atoms with Crippen LogP contribution in [-0.4, -0.2) is 11.2 Å². The molecule has 2 aromatic rings. The van der Waals surface area contributed by atoms with Gasteiger partial charge in [0.1, 0.15) is 22.2 Å². The van der Waals surface area contributed by atoms with E-state index in [0.717, 1.165) is 6.07 Å². The summed E-state index contributed by atoms with van der Waals surface area (Å²) in [6, 6.07) is 6.11. The maximum atomic E-state index is 12.9. The highest BCUT2D eigenvalue weighted by Gasteiger charge is 2.43. The third kappa shape index (κ3) is 2.78. The molecular formula is C13H7ClF2N2O5. The van der Waals surface area contributed by atoms with Crippen molar-refractivity contribution < 1.29 is 27.9 Å². The summed E-state index contributed by atoms with van der Waals surface area (Å²) < 4.78 is 39.8. The summed E-state index contributed by atoms with van der Waals surface area (Å²) in [7, 11) is 0. The first-order valence-corrected chi connectivity index (χ1v) is 6.45. The highest BCUT2D eigenvalue weighted by molar-refractivity contribution is 6.35. The highest BCUT2D eigenvalue weighted by Crippen LogP contribution is 2.44. The lowest BCUT2D eigenvalue weighted by atomic mass is 10.2. The Labute approximate surface area is 132 Å². The number of rotatable bonds is 3. The molecular weight excluding hydrogens is 338 g/mol. The Bertz CT molecular complexity index is 815. The van der Waals surface area contributed by atoms with E-state index in [9.17, 15) is 18.9 Å². The van der Waals surface area contributed by atoms with Gasteiger partial charge in [0, 0.05) is 12.1 Å². The lowest BCUT2D eigenvalue weighted by Gasteiger charge is -2.09. The molecule has 2 N–H and O–H groups in total. The van der Waals surface area contributed by atoms with Crippen molar-refractivity contribution in [3.8, 4) is 23.0 Å². The van der Waals surface area contributed by atoms with Crippen LogP contribution >= 0.6 is 11.6 Å². The number of nitro groups is 1. The molecule has 0 aromatic heterocycles. The smallest absolute Gasteiger partial charge is 0.456 e. The topological polar surface area (TPSA) is 96.9 Å². The predicted molar refractivity (Wildman–Crippen MR) is 75.2 cm³/mol. The van der Waals surface area contributed by atoms with Crippen LogP contribution in [0.2, 0.25) is 5.02 Å². The quantitative estimate of drug-likeness (QED) is 0.514. The van der Waals surface area contributed by atoms with Crippen molar-refractivity contribution >= 4 is 23.0 Å². The van der Waals surface area contributed by atoms with Crippen molar-refractivity contribution in [1.82, 2.24) is 0 Å². The van der Waals surface area contributed by atoms with Crippen molar-refractivity contribution in [2.24, 2.45) is 0 Å². The molecule has 10 heteroatoms. The van der Waals surface area contributed by atoms with Gasteiger partial charge in [-0.2, -0.15) is 0 Å². The van der Waals surface area contributed by atoms with Gasteiger partial charge in [-0.05, 0) is 18.2 Å². The van der Waals surface area contributed by atoms with E-state index in [1.807, 2.05) is 0 Å². The first-order valence-electron chi connectivity index (χ1n) is 6.07. The number of halogens is 3. The highest BCUT2D eigenvalue weighted by atomic mass is 35.5. The molecule has 1 aliphatic heterocycles. The van der Waals surface area contributed by atoms with Gasteiger partial charge in [-0.3, -0.25) is 10.1 Å². The number of nitrogens with two attached hydrogens (primary N) is 1. The number of alkyl halides is 2. The Kier molecular flexibility index (Phi) is 3.37. The van der Waals surface area contributed by atoms with Crippen LogP contribution in [0.5, 0.6) is 23.0 Å². The molecule has 0 aliphatic carbocycles. The van der Waals surface area contributed by atoms with Crippen LogP contribution in [-0.2, 0) is 0 Å². The molecule has 7 nitrogen and oxygen atoms in total. The Morgan fingerprint density at radius 1 is 1.22 bits per heavy atom. The number of hydrogen-bond donors (Lipinski definition) is 1. The zero-order valence-electron chi connectivity index (χ0n) is 11.1. The maximum Gasteiger partial charge on any atom is 0.586 e. The molecule has 0 fully saturated rings. The van der Waals surface area contributed by atoms with Crippen LogP contribution in [0.4, 0.5) is 20.2 Å². The van der Waals surface area contributed by atoms with Crippen molar-refractivity contribution in [2.75, 3.05) is 5.73 Å². The molecule has 0 radical (unpaired) electrons. The number of anilines is 1. The molecule has 0 saturated carbocycles. The monoisotopic (exact) mass is 344 g/mol. The van der Waals surface area contributed by atoms with E-state index in [4.69, 9.17) is 22.1 Å². The van der Waals surface area contributed by atoms with Crippen molar-refractivity contribution in [1.29, 1.82) is 0 Å². The van der Waals surface area contributed by atoms with Gasteiger partial charge in [0.25, 0.3) is 5.69 Å². The summed E-state index contributed by atoms with van der Waals surface area (Å²) in [5, 5.41) is 10.6. The zero-order chi connectivity index (χ0) is 16.8. The second-order valence-electron chi connectivity index (χ2n) is 4.45. The average molecular weight is 345 g/mol. The largest absolute Gasteiger partial charge is 0.586 e. The van der Waals surface area contributed by atoms with Gasteiger partial charge in [0.15, 0.2) is 11.5 Å². The lowest BCUT2D eigenvalue weighted by molar-refractivity contribution is -0.383. The molecule has 1 aliphatic rings. The Morgan fingerprint density at radius 3 is 2.61 bits per heavy atom. The van der Waals surface area contributed by atoms with Gasteiger partial charge < -0.3 is 19.9 Å². The van der Waals surface area contributed by atoms with Crippen molar-refractivity contribution in [2.45, 2.75) is 6.29 Å². The number of nitrogen functional groups attached to an aromatic ring is 1. The van der Waals surface area contributed by atoms with Gasteiger partial charge >= 0.3 is 6.29 Å². The molecule has 120 valence electrons. The minimum atomic E-state index is -3.74. The average Bonchev–Trinajstić information content (AvgIpc) is 2.76. The van der Waals surface area contributed by atoms with Crippen molar-refractivity contribution in [3.63, 3.8) is 0 Å². The van der Waals surface area contributed by atoms with E-state index in [-0.39, 0.29) is 39.4 Å². The molecule has 0 unspecified atom stereocenters. The van der Waals surface area contributed by atoms with Crippen LogP contribution in [0.3, 0.4) is 0 Å². The molecule has 3 rings (SSSR count). The standard InChI is InChI=1S/C13H7ClF2N2O5/c14-11-9(4-2-7(12(11)17)18(19)20)21-6-1-3-8-10(5-6)23-13(15,16)22-8/h1-5H,17H2. The Balaban J connectivity index is 1.89. The number of fused-ring (bicyclic) bond motifs is 1. The van der Waals surface area contributed by atoms with Gasteiger partial charge in [-0.25, -0.2) is 0 Å². The number of hydrogen-bond acceptors (Lipinski definition) is 6. The molecule has 1 heterocycles. The second kappa shape index (κ2) is 5.13. The van der Waals surface area contributed by atoms with Crippen LogP contribution in [0.25, 0.3) is 0 Å². The van der Waals surface area contributed by atoms with E-state index in [1.54, 1.807) is 0 Å². The number of benzene rings is 2. The Morgan fingerprint density at radius 2 is 1.91 bits per heavy atom. The van der Waals surface area contributed by atoms with Crippen LogP contribution in [0.1, 0.15) is 0 Å². The summed E-state index contributed by atoms with van der Waals surface area (Å²) in [4.78, 5) is 10.1. The third-order valence-electron chi connectivity index (χ3n) is 2.92. The van der Waals surface area contributed by atoms with Gasteiger partial charge in [-0.15, -0.1) is 8.78 Å². The molecule has 23 heavy (non-hydrogen) atoms. The first kappa shape index (κ1) is 15.1. The summed E-state index contributed by atoms with van der Waals surface area (Å²) >= 11 is 5.92. The van der Waals surface area contributed by atoms with E-state index >= 15 is 0 Å². The minimum Gasteiger partial charge on any atom is -0.456 e. The summed E-state index contributed by atoms with van der Waals surface area (Å²) in [6.07, 6.45) is -3.74. The SMILES string of the molecule is Nc1c([N+](=O)[O-])ccc(Oc2ccc3c(c2)OC(F)(F)O3)c1Cl. The fourth-order valence-electron chi connectivity index (χ4n) is 1.92. The van der Waals surface area contributed by atoms with Crippen molar-refractivity contribution in [3.05, 3.63) is 45.5 Å². The molecule has 2 aromatic carbocycles. The van der Waals surface area contributed by atoms with Gasteiger partial charge in [0.2, 0.25) is 0 Å². The van der Waals surface area contributed by atoms with E-state index in [0.29, 0.717) is 0 Å². The maximum absolute atomic E-state index is 12.9. The van der Waals surface area contributed by atoms with Crippen LogP contribution in [0.15, 0.2) is 30.3 Å². The molecule has 0 saturated heterocycles. The summed E-state index contributed by atoms with van der Waals surface area (Å²) in [5.74, 6) is -0.212. The summed E-state index contributed by atoms with van der Waals surface area (Å²) in [6.45, 7) is 0. The van der Waals surface area contributed by atoms with E-state index in [1.165, 1.54) is 24.3 Å². The second-order valence-corrected chi connectivity index (χ2v) is 4.82. The van der Waals surface area contributed by atoms with E-state index in [2.05, 4.69) is 9.47 Å². The van der Waals surface area contributed by atoms with Crippen LogP contribution in [0, 0.1) is 10.1 Å². The first-order chi connectivity index (χ1) is 10.8. The lowest BCUT2D eigenvalue weighted by Crippen LogP contribution is -2.25. The molecule has 0 atom stereocenters. The fourth-order valence-corrected chi connectivity index (χ4v) is 2.12. The number of nitrogens with zero attached hydrogens (tertiary/aromatic N) is 1. The third-order valence-corrected chi connectivity index (χ3v) is 3.31. The number of nitro benzene ring substituents is 1. The normalized spacial score (nSPS) is 14.6. The predicted octanol–water partition coefficient (Wildman–Crippen LogP) is 3.94. The number of ether oxygens (including phenoxy) is 3. The van der Waals surface area contributed by atoms with Crippen LogP contribution < -0.4 is 19.9 Å². The minimum absolute atomic E-state index is 0.0281. The fraction of sp³-hybridized carbons (Fsp3) is 0.0769. The zero-order valence-corrected chi connectivity index (χ0v) is 11.8.